The summed E-state index contributed by atoms with van der Waals surface area (Å²) in [5.74, 6) is 2.27. The molecule has 2 saturated carbocycles. The van der Waals surface area contributed by atoms with E-state index in [1.807, 2.05) is 0 Å². The Morgan fingerprint density at radius 3 is 2.50 bits per heavy atom. The van der Waals surface area contributed by atoms with Gasteiger partial charge >= 0.3 is 0 Å². The third-order valence-electron chi connectivity index (χ3n) is 8.77. The van der Waals surface area contributed by atoms with E-state index >= 15 is 0 Å². The smallest absolute Gasteiger partial charge is 0.252 e. The molecule has 6 heteroatoms. The predicted octanol–water partition coefficient (Wildman–Crippen LogP) is 2.99. The molecule has 8 atom stereocenters. The van der Waals surface area contributed by atoms with Crippen LogP contribution in [0.1, 0.15) is 71.6 Å². The summed E-state index contributed by atoms with van der Waals surface area (Å²) in [6, 6.07) is 0.349. The molecule has 0 aromatic carbocycles. The van der Waals surface area contributed by atoms with Crippen LogP contribution in [0.4, 0.5) is 0 Å². The number of carbonyl (C=O) groups excluding carboxylic acids is 2. The van der Waals surface area contributed by atoms with E-state index < -0.39 is 0 Å². The summed E-state index contributed by atoms with van der Waals surface area (Å²) in [6.07, 6.45) is 10.2. The number of hydrogen-bond donors (Lipinski definition) is 0. The molecule has 0 N–H and O–H groups in total. The van der Waals surface area contributed by atoms with Crippen molar-refractivity contribution in [2.75, 3.05) is 19.8 Å². The van der Waals surface area contributed by atoms with Crippen LogP contribution < -0.4 is 0 Å². The van der Waals surface area contributed by atoms with Crippen LogP contribution in [0.3, 0.4) is 0 Å². The van der Waals surface area contributed by atoms with E-state index in [9.17, 15) is 9.59 Å². The number of fused-ring (bicyclic) bond motifs is 2. The molecule has 168 valence electrons. The Labute approximate surface area is 180 Å². The summed E-state index contributed by atoms with van der Waals surface area (Å²) < 4.78 is 12.0. The highest BCUT2D eigenvalue weighted by atomic mass is 16.5. The lowest BCUT2D eigenvalue weighted by molar-refractivity contribution is -0.161. The predicted molar refractivity (Wildman–Crippen MR) is 113 cm³/mol. The third-order valence-corrected chi connectivity index (χ3v) is 8.77. The Hall–Kier alpha value is -1.14. The molecule has 0 aromatic rings. The van der Waals surface area contributed by atoms with E-state index in [4.69, 9.17) is 9.47 Å². The lowest BCUT2D eigenvalue weighted by Gasteiger charge is -2.55. The van der Waals surface area contributed by atoms with Crippen LogP contribution in [0.5, 0.6) is 0 Å². The first-order chi connectivity index (χ1) is 14.5. The first kappa shape index (κ1) is 20.7. The van der Waals surface area contributed by atoms with Gasteiger partial charge in [-0.3, -0.25) is 9.59 Å². The Balaban J connectivity index is 1.38. The molecular formula is C24H38N2O4. The van der Waals surface area contributed by atoms with Gasteiger partial charge in [0.05, 0.1) is 18.2 Å². The summed E-state index contributed by atoms with van der Waals surface area (Å²) in [6.45, 7) is 6.04. The molecule has 3 aliphatic heterocycles. The maximum Gasteiger partial charge on any atom is 0.252 e. The lowest BCUT2D eigenvalue weighted by atomic mass is 9.66. The van der Waals surface area contributed by atoms with Crippen LogP contribution in [0.25, 0.3) is 0 Å². The highest BCUT2D eigenvalue weighted by Gasteiger charge is 2.50. The number of amides is 2. The van der Waals surface area contributed by atoms with Gasteiger partial charge in [-0.25, -0.2) is 0 Å². The van der Waals surface area contributed by atoms with Crippen LogP contribution in [0, 0.1) is 17.8 Å². The average molecular weight is 419 g/mol. The van der Waals surface area contributed by atoms with Crippen molar-refractivity contribution in [3.8, 4) is 0 Å². The topological polar surface area (TPSA) is 59.1 Å². The Morgan fingerprint density at radius 1 is 0.867 bits per heavy atom. The molecule has 0 bridgehead atoms. The second-order valence-electron chi connectivity index (χ2n) is 10.5. The minimum atomic E-state index is -0.278. The summed E-state index contributed by atoms with van der Waals surface area (Å²) in [4.78, 5) is 30.1. The van der Waals surface area contributed by atoms with Gasteiger partial charge in [-0.2, -0.15) is 0 Å². The fourth-order valence-corrected chi connectivity index (χ4v) is 7.52. The zero-order valence-corrected chi connectivity index (χ0v) is 18.6. The highest BCUT2D eigenvalue weighted by molar-refractivity contribution is 5.82. The van der Waals surface area contributed by atoms with Gasteiger partial charge in [0.25, 0.3) is 5.91 Å². The van der Waals surface area contributed by atoms with E-state index in [0.29, 0.717) is 31.1 Å². The Morgan fingerprint density at radius 2 is 1.73 bits per heavy atom. The zero-order valence-electron chi connectivity index (χ0n) is 18.6. The van der Waals surface area contributed by atoms with Crippen LogP contribution in [0.2, 0.25) is 0 Å². The molecule has 0 aromatic heterocycles. The highest BCUT2D eigenvalue weighted by Crippen LogP contribution is 2.47. The summed E-state index contributed by atoms with van der Waals surface area (Å²) in [7, 11) is 0. The van der Waals surface area contributed by atoms with Crippen LogP contribution in [-0.4, -0.2) is 71.7 Å². The van der Waals surface area contributed by atoms with Gasteiger partial charge in [0.2, 0.25) is 5.91 Å². The summed E-state index contributed by atoms with van der Waals surface area (Å²) >= 11 is 0. The van der Waals surface area contributed by atoms with Crippen molar-refractivity contribution in [1.82, 2.24) is 9.80 Å². The van der Waals surface area contributed by atoms with Crippen molar-refractivity contribution in [1.29, 1.82) is 0 Å². The SMILES string of the molecule is CC(=O)N1C2CCC(C3CCCC4CCOC43)CC2N(C(=O)C2CCCO2)C[C@@H]1C. The average Bonchev–Trinajstić information content (AvgIpc) is 3.43. The van der Waals surface area contributed by atoms with Crippen LogP contribution in [-0.2, 0) is 19.1 Å². The fourth-order valence-electron chi connectivity index (χ4n) is 7.52. The van der Waals surface area contributed by atoms with E-state index in [1.54, 1.807) is 6.92 Å². The molecule has 30 heavy (non-hydrogen) atoms. The minimum absolute atomic E-state index is 0.0721. The van der Waals surface area contributed by atoms with Crippen molar-refractivity contribution in [2.45, 2.75) is 102 Å². The number of rotatable bonds is 2. The van der Waals surface area contributed by atoms with Gasteiger partial charge in [0.15, 0.2) is 0 Å². The van der Waals surface area contributed by atoms with Crippen molar-refractivity contribution >= 4 is 11.8 Å². The number of nitrogens with zero attached hydrogens (tertiary/aromatic N) is 2. The largest absolute Gasteiger partial charge is 0.378 e. The molecule has 6 nitrogen and oxygen atoms in total. The molecular weight excluding hydrogens is 380 g/mol. The van der Waals surface area contributed by atoms with E-state index in [1.165, 1.54) is 25.7 Å². The zero-order chi connectivity index (χ0) is 20.8. The van der Waals surface area contributed by atoms with Gasteiger partial charge in [-0.05, 0) is 76.0 Å². The molecule has 0 spiro atoms. The van der Waals surface area contributed by atoms with Gasteiger partial charge < -0.3 is 19.3 Å². The lowest BCUT2D eigenvalue weighted by Crippen LogP contribution is -2.68. The van der Waals surface area contributed by atoms with Crippen LogP contribution >= 0.6 is 0 Å². The Bertz CT molecular complexity index is 664. The van der Waals surface area contributed by atoms with Gasteiger partial charge in [0.1, 0.15) is 6.10 Å². The van der Waals surface area contributed by atoms with Crippen molar-refractivity contribution in [3.05, 3.63) is 0 Å². The Kier molecular flexibility index (Phi) is 5.82. The maximum atomic E-state index is 13.4. The second-order valence-corrected chi connectivity index (χ2v) is 10.5. The van der Waals surface area contributed by atoms with E-state index in [2.05, 4.69) is 16.7 Å². The molecule has 3 heterocycles. The van der Waals surface area contributed by atoms with E-state index in [0.717, 1.165) is 44.6 Å². The quantitative estimate of drug-likeness (QED) is 0.692. The minimum Gasteiger partial charge on any atom is -0.378 e. The molecule has 5 fully saturated rings. The number of ether oxygens (including phenoxy) is 2. The summed E-state index contributed by atoms with van der Waals surface area (Å²) in [5.41, 5.74) is 0. The fraction of sp³-hybridized carbons (Fsp3) is 0.917. The molecule has 0 radical (unpaired) electrons. The number of hydrogen-bond acceptors (Lipinski definition) is 4. The molecule has 5 rings (SSSR count). The number of carbonyl (C=O) groups is 2. The molecule has 2 aliphatic carbocycles. The van der Waals surface area contributed by atoms with Crippen molar-refractivity contribution < 1.29 is 19.1 Å². The standard InChI is InChI=1S/C24H38N2O4/c1-15-14-25(24(28)22-7-4-11-29-22)21-13-18(8-9-20(21)26(15)16(2)27)19-6-3-5-17-10-12-30-23(17)19/h15,17-23H,3-14H2,1-2H3/t15-,17?,18?,19?,20?,21?,22?,23?/m0/s1. The third kappa shape index (κ3) is 3.58. The number of piperazine rings is 1. The van der Waals surface area contributed by atoms with Crippen molar-refractivity contribution in [3.63, 3.8) is 0 Å². The van der Waals surface area contributed by atoms with Gasteiger partial charge in [-0.1, -0.05) is 6.42 Å². The first-order valence-corrected chi connectivity index (χ1v) is 12.4. The van der Waals surface area contributed by atoms with Gasteiger partial charge in [0, 0.05) is 32.7 Å². The molecule has 2 amide bonds. The van der Waals surface area contributed by atoms with Gasteiger partial charge in [-0.15, -0.1) is 0 Å². The molecule has 5 aliphatic rings. The second kappa shape index (κ2) is 8.42. The monoisotopic (exact) mass is 418 g/mol. The maximum absolute atomic E-state index is 13.4. The van der Waals surface area contributed by atoms with Crippen LogP contribution in [0.15, 0.2) is 0 Å². The van der Waals surface area contributed by atoms with Crippen molar-refractivity contribution in [2.24, 2.45) is 17.8 Å². The molecule has 7 unspecified atom stereocenters. The normalized spacial score (nSPS) is 43.9. The van der Waals surface area contributed by atoms with E-state index in [-0.39, 0.29) is 36.0 Å². The molecule has 3 saturated heterocycles. The first-order valence-electron chi connectivity index (χ1n) is 12.4. The summed E-state index contributed by atoms with van der Waals surface area (Å²) in [5, 5.41) is 0.